The summed E-state index contributed by atoms with van der Waals surface area (Å²) in [6.45, 7) is 4.09. The molecular weight excluding hydrogens is 268 g/mol. The van der Waals surface area contributed by atoms with E-state index in [1.165, 1.54) is 0 Å². The normalized spacial score (nSPS) is 11.0. The van der Waals surface area contributed by atoms with Gasteiger partial charge >= 0.3 is 0 Å². The average Bonchev–Trinajstić information content (AvgIpc) is 2.60. The van der Waals surface area contributed by atoms with Gasteiger partial charge in [-0.05, 0) is 18.2 Å². The summed E-state index contributed by atoms with van der Waals surface area (Å²) in [5, 5.41) is 8.16. The van der Waals surface area contributed by atoms with E-state index in [2.05, 4.69) is 26.2 Å². The first kappa shape index (κ1) is 11.1. The molecule has 2 rings (SSSR count). The third-order valence-corrected chi connectivity index (χ3v) is 2.83. The molecular formula is C11H13BrN4. The maximum absolute atomic E-state index is 6.01. The molecule has 1 aromatic heterocycles. The quantitative estimate of drug-likeness (QED) is 0.920. The summed E-state index contributed by atoms with van der Waals surface area (Å²) >= 11 is 3.42. The summed E-state index contributed by atoms with van der Waals surface area (Å²) < 4.78 is 2.64. The maximum atomic E-state index is 6.01. The summed E-state index contributed by atoms with van der Waals surface area (Å²) in [4.78, 5) is 0. The molecule has 0 saturated carbocycles. The predicted molar refractivity (Wildman–Crippen MR) is 67.6 cm³/mol. The fourth-order valence-corrected chi connectivity index (χ4v) is 1.90. The fourth-order valence-electron chi connectivity index (χ4n) is 1.51. The van der Waals surface area contributed by atoms with Crippen LogP contribution in [0.15, 0.2) is 28.7 Å². The Bertz CT molecular complexity index is 504. The largest absolute Gasteiger partial charge is 0.382 e. The van der Waals surface area contributed by atoms with E-state index in [1.807, 2.05) is 38.1 Å². The molecule has 0 bridgehead atoms. The van der Waals surface area contributed by atoms with Crippen molar-refractivity contribution in [2.24, 2.45) is 0 Å². The van der Waals surface area contributed by atoms with Crippen molar-refractivity contribution in [3.8, 4) is 5.69 Å². The Morgan fingerprint density at radius 3 is 2.69 bits per heavy atom. The number of nitrogens with two attached hydrogens (primary N) is 1. The van der Waals surface area contributed by atoms with Gasteiger partial charge in [0.2, 0.25) is 0 Å². The molecule has 4 nitrogen and oxygen atoms in total. The van der Waals surface area contributed by atoms with Gasteiger partial charge in [-0.1, -0.05) is 41.1 Å². The molecule has 0 fully saturated rings. The molecule has 0 aliphatic carbocycles. The van der Waals surface area contributed by atoms with Crippen LogP contribution in [0.2, 0.25) is 0 Å². The van der Waals surface area contributed by atoms with E-state index in [0.717, 1.165) is 15.9 Å². The van der Waals surface area contributed by atoms with E-state index in [-0.39, 0.29) is 5.92 Å². The summed E-state index contributed by atoms with van der Waals surface area (Å²) in [6.07, 6.45) is 0. The minimum Gasteiger partial charge on any atom is -0.382 e. The second kappa shape index (κ2) is 4.25. The zero-order chi connectivity index (χ0) is 11.7. The Morgan fingerprint density at radius 1 is 1.38 bits per heavy atom. The molecule has 0 unspecified atom stereocenters. The average molecular weight is 281 g/mol. The number of hydrogen-bond donors (Lipinski definition) is 1. The summed E-state index contributed by atoms with van der Waals surface area (Å²) in [7, 11) is 0. The number of hydrogen-bond acceptors (Lipinski definition) is 3. The first-order chi connectivity index (χ1) is 7.59. The molecule has 5 heteroatoms. The van der Waals surface area contributed by atoms with Crippen LogP contribution in [0.25, 0.3) is 5.69 Å². The van der Waals surface area contributed by atoms with E-state index in [1.54, 1.807) is 4.68 Å². The van der Waals surface area contributed by atoms with E-state index >= 15 is 0 Å². The Hall–Kier alpha value is -1.36. The highest BCUT2D eigenvalue weighted by Gasteiger charge is 2.13. The van der Waals surface area contributed by atoms with Crippen molar-refractivity contribution in [1.82, 2.24) is 15.0 Å². The van der Waals surface area contributed by atoms with Crippen LogP contribution >= 0.6 is 15.9 Å². The molecule has 0 aliphatic rings. The molecule has 84 valence electrons. The second-order valence-electron chi connectivity index (χ2n) is 3.91. The van der Waals surface area contributed by atoms with E-state index < -0.39 is 0 Å². The first-order valence-corrected chi connectivity index (χ1v) is 5.86. The van der Waals surface area contributed by atoms with Crippen LogP contribution in [0.5, 0.6) is 0 Å². The molecule has 0 atom stereocenters. The minimum atomic E-state index is 0.279. The zero-order valence-corrected chi connectivity index (χ0v) is 10.8. The van der Waals surface area contributed by atoms with Crippen molar-refractivity contribution in [3.05, 3.63) is 34.4 Å². The van der Waals surface area contributed by atoms with Crippen LogP contribution in [0.4, 0.5) is 5.82 Å². The van der Waals surface area contributed by atoms with Gasteiger partial charge in [0.25, 0.3) is 0 Å². The summed E-state index contributed by atoms with van der Waals surface area (Å²) in [6, 6.07) is 7.80. The van der Waals surface area contributed by atoms with Crippen molar-refractivity contribution in [1.29, 1.82) is 0 Å². The summed E-state index contributed by atoms with van der Waals surface area (Å²) in [5.41, 5.74) is 7.75. The smallest absolute Gasteiger partial charge is 0.151 e. The molecule has 0 radical (unpaired) electrons. The number of aromatic nitrogens is 3. The molecule has 0 amide bonds. The Labute approximate surface area is 103 Å². The zero-order valence-electron chi connectivity index (χ0n) is 9.18. The minimum absolute atomic E-state index is 0.279. The standard InChI is InChI=1S/C11H13BrN4/c1-7(2)10-11(13)16(15-14-10)9-5-3-4-8(12)6-9/h3-7H,13H2,1-2H3. The van der Waals surface area contributed by atoms with Crippen LogP contribution < -0.4 is 5.73 Å². The Kier molecular flexibility index (Phi) is 2.96. The first-order valence-electron chi connectivity index (χ1n) is 5.06. The van der Waals surface area contributed by atoms with Crippen LogP contribution in [-0.4, -0.2) is 15.0 Å². The lowest BCUT2D eigenvalue weighted by Gasteiger charge is -2.05. The van der Waals surface area contributed by atoms with Gasteiger partial charge in [0.05, 0.1) is 5.69 Å². The van der Waals surface area contributed by atoms with E-state index in [9.17, 15) is 0 Å². The third kappa shape index (κ3) is 1.95. The van der Waals surface area contributed by atoms with Gasteiger partial charge in [-0.2, -0.15) is 4.68 Å². The third-order valence-electron chi connectivity index (χ3n) is 2.33. The fraction of sp³-hybridized carbons (Fsp3) is 0.273. The highest BCUT2D eigenvalue weighted by atomic mass is 79.9. The van der Waals surface area contributed by atoms with E-state index in [0.29, 0.717) is 5.82 Å². The van der Waals surface area contributed by atoms with Crippen LogP contribution in [-0.2, 0) is 0 Å². The van der Waals surface area contributed by atoms with Crippen molar-refractivity contribution in [2.75, 3.05) is 5.73 Å². The van der Waals surface area contributed by atoms with Crippen LogP contribution in [0.1, 0.15) is 25.5 Å². The Morgan fingerprint density at radius 2 is 2.12 bits per heavy atom. The van der Waals surface area contributed by atoms with E-state index in [4.69, 9.17) is 5.73 Å². The molecule has 0 aliphatic heterocycles. The van der Waals surface area contributed by atoms with Crippen LogP contribution in [0, 0.1) is 0 Å². The predicted octanol–water partition coefficient (Wildman–Crippen LogP) is 2.74. The number of nitrogens with zero attached hydrogens (tertiary/aromatic N) is 3. The number of nitrogen functional groups attached to an aromatic ring is 1. The molecule has 0 saturated heterocycles. The lowest BCUT2D eigenvalue weighted by Crippen LogP contribution is -2.03. The lowest BCUT2D eigenvalue weighted by molar-refractivity contribution is 0.776. The van der Waals surface area contributed by atoms with Gasteiger partial charge in [-0.3, -0.25) is 0 Å². The van der Waals surface area contributed by atoms with Gasteiger partial charge in [0.15, 0.2) is 5.82 Å². The molecule has 1 heterocycles. The van der Waals surface area contributed by atoms with Crippen molar-refractivity contribution < 1.29 is 0 Å². The molecule has 16 heavy (non-hydrogen) atoms. The highest BCUT2D eigenvalue weighted by Crippen LogP contribution is 2.22. The van der Waals surface area contributed by atoms with Gasteiger partial charge < -0.3 is 5.73 Å². The van der Waals surface area contributed by atoms with Gasteiger partial charge in [0, 0.05) is 10.4 Å². The van der Waals surface area contributed by atoms with Crippen molar-refractivity contribution in [2.45, 2.75) is 19.8 Å². The summed E-state index contributed by atoms with van der Waals surface area (Å²) in [5.74, 6) is 0.883. The van der Waals surface area contributed by atoms with Crippen molar-refractivity contribution >= 4 is 21.7 Å². The number of benzene rings is 1. The number of halogens is 1. The van der Waals surface area contributed by atoms with Gasteiger partial charge in [-0.15, -0.1) is 5.10 Å². The van der Waals surface area contributed by atoms with Gasteiger partial charge in [0.1, 0.15) is 5.69 Å². The second-order valence-corrected chi connectivity index (χ2v) is 4.82. The number of rotatable bonds is 2. The monoisotopic (exact) mass is 280 g/mol. The lowest BCUT2D eigenvalue weighted by atomic mass is 10.1. The molecule has 2 aromatic rings. The molecule has 0 spiro atoms. The SMILES string of the molecule is CC(C)c1nnn(-c2cccc(Br)c2)c1N. The highest BCUT2D eigenvalue weighted by molar-refractivity contribution is 9.10. The van der Waals surface area contributed by atoms with Crippen LogP contribution in [0.3, 0.4) is 0 Å². The van der Waals surface area contributed by atoms with Crippen molar-refractivity contribution in [3.63, 3.8) is 0 Å². The van der Waals surface area contributed by atoms with Gasteiger partial charge in [-0.25, -0.2) is 0 Å². The molecule has 2 N–H and O–H groups in total. The maximum Gasteiger partial charge on any atom is 0.151 e. The number of anilines is 1. The molecule has 1 aromatic carbocycles. The topological polar surface area (TPSA) is 56.7 Å². The Balaban J connectivity index is 2.49.